The molecule has 8 nitrogen and oxygen atoms in total. The topological polar surface area (TPSA) is 117 Å². The van der Waals surface area contributed by atoms with Crippen LogP contribution in [0.2, 0.25) is 5.02 Å². The Labute approximate surface area is 198 Å². The number of carbonyl (C=O) groups is 1. The number of pyridine rings is 1. The number of nitrogens with one attached hydrogen (secondary N) is 1. The lowest BCUT2D eigenvalue weighted by Gasteiger charge is -2.35. The van der Waals surface area contributed by atoms with Crippen LogP contribution in [0.4, 0.5) is 10.5 Å². The van der Waals surface area contributed by atoms with Crippen LogP contribution in [-0.2, 0) is 5.60 Å². The van der Waals surface area contributed by atoms with Gasteiger partial charge in [0.2, 0.25) is 0 Å². The van der Waals surface area contributed by atoms with Gasteiger partial charge in [0.1, 0.15) is 5.60 Å². The number of aromatic nitrogens is 3. The second-order valence-corrected chi connectivity index (χ2v) is 9.59. The fourth-order valence-electron chi connectivity index (χ4n) is 4.25. The smallest absolute Gasteiger partial charge is 0.314 e. The molecule has 33 heavy (non-hydrogen) atoms. The molecule has 1 fully saturated rings. The number of nitrogens with zero attached hydrogens (tertiary/aromatic N) is 4. The number of aliphatic hydroxyl groups is 1. The van der Waals surface area contributed by atoms with Crippen molar-refractivity contribution >= 4 is 34.2 Å². The van der Waals surface area contributed by atoms with E-state index in [0.29, 0.717) is 23.9 Å². The number of urea groups is 1. The number of halogens is 1. The number of piperidine rings is 1. The lowest BCUT2D eigenvalue weighted by atomic mass is 9.91. The lowest BCUT2D eigenvalue weighted by Crippen LogP contribution is -2.46. The van der Waals surface area contributed by atoms with E-state index >= 15 is 0 Å². The fraction of sp³-hybridized carbons (Fsp3) is 0.417. The predicted octanol–water partition coefficient (Wildman–Crippen LogP) is 4.16. The van der Waals surface area contributed by atoms with Gasteiger partial charge in [0.25, 0.3) is 0 Å². The lowest BCUT2D eigenvalue weighted by molar-refractivity contribution is 0.0687. The Bertz CT molecular complexity index is 1160. The zero-order valence-electron chi connectivity index (χ0n) is 19.0. The molecule has 1 unspecified atom stereocenters. The second kappa shape index (κ2) is 9.11. The number of rotatable bonds is 5. The standard InChI is InChI=1S/C24H29ClN6O2/c1-14(16-5-4-8-31(13-16)23(26)32)30-21-18-9-15(6-7-20(18)27-12-19(21)25)17-10-28-22(29-11-17)24(2,3)33/h6-7,9-12,14,16,33H,4-5,8,13H2,1-3H3,(H2,26,32)(H,27,30)/t14-,16?/m1/s1. The van der Waals surface area contributed by atoms with Gasteiger partial charge in [0.05, 0.1) is 16.2 Å². The summed E-state index contributed by atoms with van der Waals surface area (Å²) in [6.45, 7) is 6.74. The minimum atomic E-state index is -1.10. The van der Waals surface area contributed by atoms with Gasteiger partial charge in [-0.3, -0.25) is 4.98 Å². The summed E-state index contributed by atoms with van der Waals surface area (Å²) in [7, 11) is 0. The SMILES string of the molecule is C[C@@H](Nc1c(Cl)cnc2ccc(-c3cnc(C(C)(C)O)nc3)cc12)C1CCCN(C(N)=O)C1. The molecule has 9 heteroatoms. The van der Waals surface area contributed by atoms with Crippen molar-refractivity contribution in [2.75, 3.05) is 18.4 Å². The summed E-state index contributed by atoms with van der Waals surface area (Å²) in [6, 6.07) is 5.62. The molecule has 4 rings (SSSR count). The Balaban J connectivity index is 1.64. The van der Waals surface area contributed by atoms with Gasteiger partial charge in [-0.05, 0) is 57.2 Å². The molecule has 0 aliphatic carbocycles. The van der Waals surface area contributed by atoms with Crippen molar-refractivity contribution in [3.8, 4) is 11.1 Å². The van der Waals surface area contributed by atoms with Crippen molar-refractivity contribution in [1.82, 2.24) is 19.9 Å². The van der Waals surface area contributed by atoms with Gasteiger partial charge >= 0.3 is 6.03 Å². The molecule has 3 heterocycles. The van der Waals surface area contributed by atoms with E-state index in [1.165, 1.54) is 0 Å². The molecule has 0 radical (unpaired) electrons. The van der Waals surface area contributed by atoms with Crippen LogP contribution in [0.25, 0.3) is 22.0 Å². The van der Waals surface area contributed by atoms with Crippen molar-refractivity contribution in [1.29, 1.82) is 0 Å². The number of hydrogen-bond acceptors (Lipinski definition) is 6. The Morgan fingerprint density at radius 1 is 1.24 bits per heavy atom. The highest BCUT2D eigenvalue weighted by Crippen LogP contribution is 2.34. The molecule has 1 saturated heterocycles. The first-order chi connectivity index (χ1) is 15.6. The third-order valence-corrected chi connectivity index (χ3v) is 6.49. The van der Waals surface area contributed by atoms with Crippen molar-refractivity contribution in [3.63, 3.8) is 0 Å². The number of benzene rings is 1. The van der Waals surface area contributed by atoms with Gasteiger partial charge in [0.15, 0.2) is 5.82 Å². The zero-order valence-corrected chi connectivity index (χ0v) is 19.8. The van der Waals surface area contributed by atoms with Gasteiger partial charge in [-0.25, -0.2) is 14.8 Å². The second-order valence-electron chi connectivity index (χ2n) is 9.19. The molecule has 2 atom stereocenters. The third kappa shape index (κ3) is 5.02. The molecule has 0 bridgehead atoms. The molecule has 2 aromatic heterocycles. The van der Waals surface area contributed by atoms with E-state index in [9.17, 15) is 9.90 Å². The minimum Gasteiger partial charge on any atom is -0.382 e. The molecule has 0 spiro atoms. The van der Waals surface area contributed by atoms with Crippen LogP contribution in [0, 0.1) is 5.92 Å². The first-order valence-electron chi connectivity index (χ1n) is 11.1. The summed E-state index contributed by atoms with van der Waals surface area (Å²) in [5.74, 6) is 0.627. The average Bonchev–Trinajstić information content (AvgIpc) is 2.80. The van der Waals surface area contributed by atoms with E-state index in [0.717, 1.165) is 40.6 Å². The molecule has 2 amide bonds. The minimum absolute atomic E-state index is 0.0771. The quantitative estimate of drug-likeness (QED) is 0.517. The van der Waals surface area contributed by atoms with Crippen LogP contribution in [0.3, 0.4) is 0 Å². The maximum absolute atomic E-state index is 11.6. The number of nitrogens with two attached hydrogens (primary N) is 1. The number of likely N-dealkylation sites (tertiary alicyclic amines) is 1. The Hall–Kier alpha value is -2.97. The van der Waals surface area contributed by atoms with Gasteiger partial charge in [-0.2, -0.15) is 0 Å². The molecule has 1 aromatic carbocycles. The number of fused-ring (bicyclic) bond motifs is 1. The average molecular weight is 469 g/mol. The van der Waals surface area contributed by atoms with Gasteiger partial charge in [-0.15, -0.1) is 0 Å². The Morgan fingerprint density at radius 3 is 2.64 bits per heavy atom. The predicted molar refractivity (Wildman–Crippen MR) is 130 cm³/mol. The van der Waals surface area contributed by atoms with Crippen molar-refractivity contribution in [3.05, 3.63) is 47.6 Å². The summed E-state index contributed by atoms with van der Waals surface area (Å²) in [5.41, 5.74) is 7.76. The van der Waals surface area contributed by atoms with Crippen molar-refractivity contribution in [2.45, 2.75) is 45.3 Å². The molecule has 3 aromatic rings. The Kier molecular flexibility index (Phi) is 6.41. The maximum Gasteiger partial charge on any atom is 0.314 e. The molecular weight excluding hydrogens is 440 g/mol. The monoisotopic (exact) mass is 468 g/mol. The Morgan fingerprint density at radius 2 is 1.97 bits per heavy atom. The van der Waals surface area contributed by atoms with Gasteiger partial charge in [0, 0.05) is 48.7 Å². The van der Waals surface area contributed by atoms with E-state index in [1.807, 2.05) is 18.2 Å². The van der Waals surface area contributed by atoms with Crippen LogP contribution in [0.15, 0.2) is 36.8 Å². The van der Waals surface area contributed by atoms with E-state index < -0.39 is 5.60 Å². The van der Waals surface area contributed by atoms with Crippen LogP contribution in [0.5, 0.6) is 0 Å². The number of anilines is 1. The van der Waals surface area contributed by atoms with Crippen LogP contribution in [0.1, 0.15) is 39.4 Å². The summed E-state index contributed by atoms with van der Waals surface area (Å²) >= 11 is 6.57. The van der Waals surface area contributed by atoms with E-state index in [-0.39, 0.29) is 18.0 Å². The number of carbonyl (C=O) groups excluding carboxylic acids is 1. The first kappa shape index (κ1) is 23.2. The number of primary amides is 1. The maximum atomic E-state index is 11.6. The third-order valence-electron chi connectivity index (χ3n) is 6.20. The molecule has 4 N–H and O–H groups in total. The van der Waals surface area contributed by atoms with Crippen molar-refractivity contribution < 1.29 is 9.90 Å². The summed E-state index contributed by atoms with van der Waals surface area (Å²) < 4.78 is 0. The summed E-state index contributed by atoms with van der Waals surface area (Å²) in [4.78, 5) is 26.4. The van der Waals surface area contributed by atoms with Gasteiger partial charge < -0.3 is 21.1 Å². The van der Waals surface area contributed by atoms with E-state index in [2.05, 4.69) is 27.2 Å². The van der Waals surface area contributed by atoms with Crippen LogP contribution < -0.4 is 11.1 Å². The summed E-state index contributed by atoms with van der Waals surface area (Å²) in [5, 5.41) is 15.1. The highest BCUT2D eigenvalue weighted by atomic mass is 35.5. The highest BCUT2D eigenvalue weighted by Gasteiger charge is 2.27. The van der Waals surface area contributed by atoms with E-state index in [4.69, 9.17) is 17.3 Å². The highest BCUT2D eigenvalue weighted by molar-refractivity contribution is 6.34. The van der Waals surface area contributed by atoms with Gasteiger partial charge in [-0.1, -0.05) is 17.7 Å². The number of amides is 2. The van der Waals surface area contributed by atoms with Crippen LogP contribution in [-0.4, -0.2) is 50.1 Å². The normalized spacial score (nSPS) is 17.7. The first-order valence-corrected chi connectivity index (χ1v) is 11.5. The molecular formula is C24H29ClN6O2. The fourth-order valence-corrected chi connectivity index (χ4v) is 4.46. The summed E-state index contributed by atoms with van der Waals surface area (Å²) in [6.07, 6.45) is 6.99. The van der Waals surface area contributed by atoms with E-state index in [1.54, 1.807) is 37.3 Å². The molecule has 1 aliphatic rings. The molecule has 174 valence electrons. The van der Waals surface area contributed by atoms with Crippen molar-refractivity contribution in [2.24, 2.45) is 11.7 Å². The van der Waals surface area contributed by atoms with Crippen LogP contribution >= 0.6 is 11.6 Å². The molecule has 1 aliphatic heterocycles. The zero-order chi connectivity index (χ0) is 23.8. The largest absolute Gasteiger partial charge is 0.382 e. The molecule has 0 saturated carbocycles. The number of hydrogen-bond donors (Lipinski definition) is 3.